The summed E-state index contributed by atoms with van der Waals surface area (Å²) in [6.45, 7) is 2.72. The van der Waals surface area contributed by atoms with Gasteiger partial charge in [-0.15, -0.1) is 0 Å². The van der Waals surface area contributed by atoms with Crippen molar-refractivity contribution < 1.29 is 27.9 Å². The molecule has 0 radical (unpaired) electrons. The maximum absolute atomic E-state index is 12.6. The van der Waals surface area contributed by atoms with Gasteiger partial charge in [0.2, 0.25) is 5.91 Å². The number of nitrogens with zero attached hydrogens (tertiary/aromatic N) is 1. The molecule has 3 heterocycles. The Morgan fingerprint density at radius 2 is 1.69 bits per heavy atom. The Bertz CT molecular complexity index is 1460. The SMILES string of the molecule is O=C(O)C(F)(F)F.O=C1CN(Cc2ccc3[nH]c(-c4cc5ccccc5[nH]c4=O)cc3c2)CCN1. The number of rotatable bonds is 3. The van der Waals surface area contributed by atoms with Crippen LogP contribution in [0.1, 0.15) is 5.56 Å². The predicted molar refractivity (Wildman–Crippen MR) is 124 cm³/mol. The normalized spacial score (nSPS) is 14.4. The van der Waals surface area contributed by atoms with Crippen LogP contribution in [0.25, 0.3) is 33.1 Å². The molecule has 0 saturated carbocycles. The highest BCUT2D eigenvalue weighted by Gasteiger charge is 2.38. The summed E-state index contributed by atoms with van der Waals surface area (Å²) >= 11 is 0. The van der Waals surface area contributed by atoms with E-state index in [0.717, 1.165) is 46.2 Å². The molecule has 0 bridgehead atoms. The zero-order chi connectivity index (χ0) is 25.2. The van der Waals surface area contributed by atoms with Gasteiger partial charge >= 0.3 is 12.1 Å². The summed E-state index contributed by atoms with van der Waals surface area (Å²) in [6.07, 6.45) is -5.08. The second kappa shape index (κ2) is 9.63. The zero-order valence-corrected chi connectivity index (χ0v) is 18.3. The van der Waals surface area contributed by atoms with Crippen LogP contribution in [0.15, 0.2) is 59.4 Å². The Kier molecular flexibility index (Phi) is 6.61. The van der Waals surface area contributed by atoms with Gasteiger partial charge in [-0.2, -0.15) is 13.2 Å². The number of carboxylic acid groups (broad SMARTS) is 1. The number of hydrogen-bond donors (Lipinski definition) is 4. The molecule has 1 aliphatic rings. The number of carboxylic acids is 1. The number of piperazine rings is 1. The molecule has 4 aromatic rings. The summed E-state index contributed by atoms with van der Waals surface area (Å²) in [5.74, 6) is -2.68. The van der Waals surface area contributed by atoms with E-state index in [-0.39, 0.29) is 11.5 Å². The number of halogens is 3. The third-order valence-electron chi connectivity index (χ3n) is 5.49. The van der Waals surface area contributed by atoms with Crippen molar-refractivity contribution in [3.8, 4) is 11.3 Å². The molecule has 182 valence electrons. The number of hydrogen-bond acceptors (Lipinski definition) is 4. The third-order valence-corrected chi connectivity index (χ3v) is 5.49. The fraction of sp³-hybridized carbons (Fsp3) is 0.208. The highest BCUT2D eigenvalue weighted by molar-refractivity contribution is 5.89. The minimum absolute atomic E-state index is 0.0757. The lowest BCUT2D eigenvalue weighted by Gasteiger charge is -2.26. The van der Waals surface area contributed by atoms with E-state index < -0.39 is 12.1 Å². The molecule has 0 spiro atoms. The lowest BCUT2D eigenvalue weighted by Crippen LogP contribution is -2.47. The van der Waals surface area contributed by atoms with E-state index in [9.17, 15) is 22.8 Å². The van der Waals surface area contributed by atoms with Gasteiger partial charge in [-0.05, 0) is 41.3 Å². The van der Waals surface area contributed by atoms with Crippen molar-refractivity contribution in [3.63, 3.8) is 0 Å². The molecule has 4 N–H and O–H groups in total. The van der Waals surface area contributed by atoms with Crippen molar-refractivity contribution in [1.82, 2.24) is 20.2 Å². The second-order valence-corrected chi connectivity index (χ2v) is 8.07. The van der Waals surface area contributed by atoms with Gasteiger partial charge in [-0.25, -0.2) is 4.79 Å². The Morgan fingerprint density at radius 1 is 0.971 bits per heavy atom. The highest BCUT2D eigenvalue weighted by Crippen LogP contribution is 2.25. The number of aromatic amines is 2. The summed E-state index contributed by atoms with van der Waals surface area (Å²) < 4.78 is 31.7. The van der Waals surface area contributed by atoms with Gasteiger partial charge < -0.3 is 20.4 Å². The van der Waals surface area contributed by atoms with E-state index in [1.165, 1.54) is 0 Å². The lowest BCUT2D eigenvalue weighted by atomic mass is 10.1. The summed E-state index contributed by atoms with van der Waals surface area (Å²) in [7, 11) is 0. The number of aliphatic carboxylic acids is 1. The molecule has 2 aromatic carbocycles. The second-order valence-electron chi connectivity index (χ2n) is 8.07. The maximum Gasteiger partial charge on any atom is 0.490 e. The topological polar surface area (TPSA) is 118 Å². The maximum atomic E-state index is 12.6. The van der Waals surface area contributed by atoms with Gasteiger partial charge in [0, 0.05) is 36.1 Å². The van der Waals surface area contributed by atoms with Crippen LogP contribution < -0.4 is 10.9 Å². The van der Waals surface area contributed by atoms with Crippen LogP contribution in [0, 0.1) is 0 Å². The fourth-order valence-electron chi connectivity index (χ4n) is 3.86. The van der Waals surface area contributed by atoms with Crippen LogP contribution in [0.5, 0.6) is 0 Å². The van der Waals surface area contributed by atoms with Crippen molar-refractivity contribution in [2.75, 3.05) is 19.6 Å². The molecule has 1 aliphatic heterocycles. The predicted octanol–water partition coefficient (Wildman–Crippen LogP) is 3.24. The molecule has 1 amide bonds. The summed E-state index contributed by atoms with van der Waals surface area (Å²) in [5.41, 5.74) is 4.30. The smallest absolute Gasteiger partial charge is 0.475 e. The van der Waals surface area contributed by atoms with Gasteiger partial charge in [0.1, 0.15) is 0 Å². The lowest BCUT2D eigenvalue weighted by molar-refractivity contribution is -0.192. The quantitative estimate of drug-likeness (QED) is 0.355. The van der Waals surface area contributed by atoms with Crippen molar-refractivity contribution in [3.05, 3.63) is 70.5 Å². The number of para-hydroxylation sites is 1. The standard InChI is InChI=1S/C22H20N4O2.C2HF3O2/c27-21-13-26(8-7-23-21)12-14-5-6-19-16(9-14)11-20(24-19)17-10-15-3-1-2-4-18(15)25-22(17)28;3-2(4,5)1(6)7/h1-6,9-11,24H,7-8,12-13H2,(H,23,27)(H,25,28);(H,6,7). The molecule has 2 aromatic heterocycles. The molecule has 8 nitrogen and oxygen atoms in total. The number of carbonyl (C=O) groups excluding carboxylic acids is 1. The molecule has 1 saturated heterocycles. The van der Waals surface area contributed by atoms with E-state index >= 15 is 0 Å². The molecule has 0 aliphatic carbocycles. The average Bonchev–Trinajstić information content (AvgIpc) is 3.21. The minimum atomic E-state index is -5.08. The first-order valence-electron chi connectivity index (χ1n) is 10.6. The first kappa shape index (κ1) is 24.0. The molecule has 0 atom stereocenters. The number of fused-ring (bicyclic) bond motifs is 2. The average molecular weight is 486 g/mol. The van der Waals surface area contributed by atoms with E-state index in [1.807, 2.05) is 42.5 Å². The van der Waals surface area contributed by atoms with Gasteiger partial charge in [0.05, 0.1) is 17.8 Å². The largest absolute Gasteiger partial charge is 0.490 e. The Balaban J connectivity index is 0.000000364. The van der Waals surface area contributed by atoms with Crippen LogP contribution in [-0.2, 0) is 16.1 Å². The van der Waals surface area contributed by atoms with Crippen molar-refractivity contribution in [1.29, 1.82) is 0 Å². The van der Waals surface area contributed by atoms with E-state index in [0.29, 0.717) is 18.7 Å². The van der Waals surface area contributed by atoms with Crippen molar-refractivity contribution >= 4 is 33.7 Å². The monoisotopic (exact) mass is 486 g/mol. The van der Waals surface area contributed by atoms with Crippen LogP contribution in [0.4, 0.5) is 13.2 Å². The number of benzene rings is 2. The van der Waals surface area contributed by atoms with Gasteiger partial charge in [-0.1, -0.05) is 24.3 Å². The Hall–Kier alpha value is -4.12. The summed E-state index contributed by atoms with van der Waals surface area (Å²) in [4.78, 5) is 41.5. The van der Waals surface area contributed by atoms with Crippen LogP contribution in [-0.4, -0.2) is 57.7 Å². The molecular formula is C24H21F3N4O4. The molecule has 0 unspecified atom stereocenters. The van der Waals surface area contributed by atoms with Crippen LogP contribution in [0.3, 0.4) is 0 Å². The highest BCUT2D eigenvalue weighted by atomic mass is 19.4. The van der Waals surface area contributed by atoms with Crippen molar-refractivity contribution in [2.24, 2.45) is 0 Å². The molecule has 1 fully saturated rings. The molecular weight excluding hydrogens is 465 g/mol. The van der Waals surface area contributed by atoms with E-state index in [2.05, 4.69) is 32.3 Å². The van der Waals surface area contributed by atoms with E-state index in [1.54, 1.807) is 0 Å². The summed E-state index contributed by atoms with van der Waals surface area (Å²) in [5, 5.41) is 12.0. The number of carbonyl (C=O) groups is 2. The van der Waals surface area contributed by atoms with Gasteiger partial charge in [0.15, 0.2) is 0 Å². The Labute approximate surface area is 196 Å². The molecule has 11 heteroatoms. The fourth-order valence-corrected chi connectivity index (χ4v) is 3.86. The first-order chi connectivity index (χ1) is 16.6. The minimum Gasteiger partial charge on any atom is -0.475 e. The first-order valence-corrected chi connectivity index (χ1v) is 10.6. The van der Waals surface area contributed by atoms with Crippen LogP contribution >= 0.6 is 0 Å². The third kappa shape index (κ3) is 5.69. The van der Waals surface area contributed by atoms with Gasteiger partial charge in [-0.3, -0.25) is 14.5 Å². The number of aromatic nitrogens is 2. The number of nitrogens with one attached hydrogen (secondary N) is 3. The number of alkyl halides is 3. The summed E-state index contributed by atoms with van der Waals surface area (Å²) in [6, 6.07) is 17.9. The molecule has 5 rings (SSSR count). The number of amides is 1. The zero-order valence-electron chi connectivity index (χ0n) is 18.3. The number of pyridine rings is 1. The molecule has 35 heavy (non-hydrogen) atoms. The van der Waals surface area contributed by atoms with Gasteiger partial charge in [0.25, 0.3) is 5.56 Å². The van der Waals surface area contributed by atoms with E-state index in [4.69, 9.17) is 9.90 Å². The number of H-pyrrole nitrogens is 2. The van der Waals surface area contributed by atoms with Crippen LogP contribution in [0.2, 0.25) is 0 Å². The Morgan fingerprint density at radius 3 is 2.40 bits per heavy atom. The van der Waals surface area contributed by atoms with Crippen molar-refractivity contribution in [2.45, 2.75) is 12.7 Å².